The summed E-state index contributed by atoms with van der Waals surface area (Å²) in [5, 5.41) is 0.677. The van der Waals surface area contributed by atoms with Gasteiger partial charge >= 0.3 is 11.9 Å². The lowest BCUT2D eigenvalue weighted by Crippen LogP contribution is -2.12. The van der Waals surface area contributed by atoms with E-state index in [-0.39, 0.29) is 24.3 Å². The Kier molecular flexibility index (Phi) is 8.73. The van der Waals surface area contributed by atoms with E-state index in [1.807, 2.05) is 24.3 Å². The highest BCUT2D eigenvalue weighted by Crippen LogP contribution is 2.42. The molecule has 0 aliphatic rings. The molecular weight excluding hydrogens is 588 g/mol. The molecule has 0 aliphatic carbocycles. The van der Waals surface area contributed by atoms with Crippen LogP contribution in [0.1, 0.15) is 44.3 Å². The fourth-order valence-corrected chi connectivity index (χ4v) is 5.97. The van der Waals surface area contributed by atoms with Crippen LogP contribution in [0.3, 0.4) is 0 Å². The molecule has 162 valence electrons. The third-order valence-electron chi connectivity index (χ3n) is 3.64. The second kappa shape index (κ2) is 11.3. The van der Waals surface area contributed by atoms with Crippen molar-refractivity contribution >= 4 is 100 Å². The molecule has 0 saturated carbocycles. The first-order chi connectivity index (χ1) is 14.9. The van der Waals surface area contributed by atoms with E-state index in [0.717, 1.165) is 28.7 Å². The van der Waals surface area contributed by atoms with Gasteiger partial charge in [0, 0.05) is 22.2 Å². The summed E-state index contributed by atoms with van der Waals surface area (Å²) in [5.41, 5.74) is 0.133. The number of carbonyl (C=O) groups excluding carboxylic acids is 2. The fraction of sp³-hybridized carbons (Fsp3) is 0.200. The van der Waals surface area contributed by atoms with Crippen LogP contribution in [0.4, 0.5) is 10.0 Å². The lowest BCUT2D eigenvalue weighted by Gasteiger charge is -2.05. The maximum Gasteiger partial charge on any atom is 0.342 e. The minimum atomic E-state index is -0.637. The summed E-state index contributed by atoms with van der Waals surface area (Å²) in [5.74, 6) is -1.27. The van der Waals surface area contributed by atoms with E-state index in [1.165, 1.54) is 22.7 Å². The first-order valence-corrected chi connectivity index (χ1v) is 13.1. The largest absolute Gasteiger partial charge is 0.462 e. The van der Waals surface area contributed by atoms with Gasteiger partial charge in [0.15, 0.2) is 0 Å². The van der Waals surface area contributed by atoms with Gasteiger partial charge in [0.1, 0.15) is 21.1 Å². The van der Waals surface area contributed by atoms with Crippen molar-refractivity contribution in [3.8, 4) is 0 Å². The smallest absolute Gasteiger partial charge is 0.342 e. The fourth-order valence-electron chi connectivity index (χ4n) is 2.41. The van der Waals surface area contributed by atoms with E-state index < -0.39 is 11.9 Å². The van der Waals surface area contributed by atoms with Gasteiger partial charge in [-0.3, -0.25) is 0 Å². The number of hydrogen-bond acceptors (Lipinski definition) is 9. The van der Waals surface area contributed by atoms with E-state index in [1.54, 1.807) is 26.3 Å². The normalized spacial score (nSPS) is 11.5. The van der Waals surface area contributed by atoms with E-state index in [9.17, 15) is 9.59 Å². The highest BCUT2D eigenvalue weighted by Gasteiger charge is 2.30. The standard InChI is InChI=1S/C20H16Br2N2O4S3/c1-3-27-19(25)15-16(20(26)28-4-2)18(24-10-12-6-8-14(22)30-12)31-17(15)23-9-11-5-7-13(21)29-11/h5-10H,3-4H2,1-2H3. The maximum absolute atomic E-state index is 12.7. The average molecular weight is 604 g/mol. The molecule has 0 saturated heterocycles. The van der Waals surface area contributed by atoms with Crippen LogP contribution in [0.15, 0.2) is 41.8 Å². The minimum absolute atomic E-state index is 0.0664. The Balaban J connectivity index is 2.11. The van der Waals surface area contributed by atoms with Crippen LogP contribution >= 0.6 is 65.9 Å². The second-order valence-electron chi connectivity index (χ2n) is 5.70. The van der Waals surface area contributed by atoms with E-state index >= 15 is 0 Å². The summed E-state index contributed by atoms with van der Waals surface area (Å²) in [6.07, 6.45) is 3.28. The number of hydrogen-bond donors (Lipinski definition) is 0. The van der Waals surface area contributed by atoms with Crippen molar-refractivity contribution in [1.29, 1.82) is 0 Å². The van der Waals surface area contributed by atoms with Gasteiger partial charge < -0.3 is 9.47 Å². The van der Waals surface area contributed by atoms with Gasteiger partial charge in [-0.15, -0.1) is 22.7 Å². The summed E-state index contributed by atoms with van der Waals surface area (Å²) in [6, 6.07) is 7.61. The maximum atomic E-state index is 12.7. The number of nitrogens with zero attached hydrogens (tertiary/aromatic N) is 2. The van der Waals surface area contributed by atoms with Gasteiger partial charge in [-0.2, -0.15) is 0 Å². The predicted octanol–water partition coefficient (Wildman–Crippen LogP) is 7.25. The number of esters is 2. The first kappa shape index (κ1) is 24.0. The van der Waals surface area contributed by atoms with Crippen LogP contribution < -0.4 is 0 Å². The summed E-state index contributed by atoms with van der Waals surface area (Å²) in [4.78, 5) is 36.2. The number of rotatable bonds is 8. The molecule has 3 aromatic rings. The molecule has 0 bridgehead atoms. The van der Waals surface area contributed by atoms with Gasteiger partial charge in [-0.05, 0) is 70.0 Å². The summed E-state index contributed by atoms with van der Waals surface area (Å²) >= 11 is 11.0. The van der Waals surface area contributed by atoms with Crippen molar-refractivity contribution < 1.29 is 19.1 Å². The number of aliphatic imine (C=N–C) groups is 2. The second-order valence-corrected chi connectivity index (χ2v) is 11.7. The van der Waals surface area contributed by atoms with E-state index in [2.05, 4.69) is 41.8 Å². The van der Waals surface area contributed by atoms with Gasteiger partial charge in [0.05, 0.1) is 20.8 Å². The van der Waals surface area contributed by atoms with Crippen molar-refractivity contribution in [2.75, 3.05) is 13.2 Å². The zero-order valence-electron chi connectivity index (χ0n) is 16.4. The van der Waals surface area contributed by atoms with Crippen LogP contribution in [0.25, 0.3) is 0 Å². The zero-order chi connectivity index (χ0) is 22.4. The van der Waals surface area contributed by atoms with Crippen molar-refractivity contribution in [3.05, 3.63) is 52.7 Å². The quantitative estimate of drug-likeness (QED) is 0.201. The molecule has 0 aliphatic heterocycles. The Bertz CT molecular complexity index is 1060. The molecule has 0 aromatic carbocycles. The van der Waals surface area contributed by atoms with Crippen molar-refractivity contribution in [2.24, 2.45) is 9.98 Å². The summed E-state index contributed by atoms with van der Waals surface area (Å²) in [7, 11) is 0. The van der Waals surface area contributed by atoms with Gasteiger partial charge in [0.2, 0.25) is 0 Å². The molecule has 0 amide bonds. The molecule has 0 radical (unpaired) electrons. The molecule has 0 spiro atoms. The molecule has 0 atom stereocenters. The highest BCUT2D eigenvalue weighted by atomic mass is 79.9. The van der Waals surface area contributed by atoms with E-state index in [4.69, 9.17) is 9.47 Å². The van der Waals surface area contributed by atoms with Crippen LogP contribution in [0, 0.1) is 0 Å². The number of ether oxygens (including phenoxy) is 2. The summed E-state index contributed by atoms with van der Waals surface area (Å²) in [6.45, 7) is 3.74. The Labute approximate surface area is 207 Å². The Morgan fingerprint density at radius 1 is 0.806 bits per heavy atom. The molecule has 11 heteroatoms. The number of halogens is 2. The molecule has 31 heavy (non-hydrogen) atoms. The highest BCUT2D eigenvalue weighted by molar-refractivity contribution is 9.11. The third kappa shape index (κ3) is 6.19. The molecule has 0 N–H and O–H groups in total. The topological polar surface area (TPSA) is 77.3 Å². The SMILES string of the molecule is CCOC(=O)c1c(N=Cc2ccc(Br)s2)sc(N=Cc2ccc(Br)s2)c1C(=O)OCC. The summed E-state index contributed by atoms with van der Waals surface area (Å²) < 4.78 is 12.3. The molecule has 3 aromatic heterocycles. The van der Waals surface area contributed by atoms with E-state index in [0.29, 0.717) is 10.0 Å². The average Bonchev–Trinajstić information content (AvgIpc) is 3.43. The Morgan fingerprint density at radius 3 is 1.55 bits per heavy atom. The lowest BCUT2D eigenvalue weighted by molar-refractivity contribution is 0.0481. The van der Waals surface area contributed by atoms with Crippen LogP contribution in [-0.2, 0) is 9.47 Å². The number of carbonyl (C=O) groups is 2. The van der Waals surface area contributed by atoms with Crippen LogP contribution in [-0.4, -0.2) is 37.6 Å². The van der Waals surface area contributed by atoms with Crippen LogP contribution in [0.2, 0.25) is 0 Å². The lowest BCUT2D eigenvalue weighted by atomic mass is 10.1. The van der Waals surface area contributed by atoms with Crippen molar-refractivity contribution in [3.63, 3.8) is 0 Å². The van der Waals surface area contributed by atoms with Crippen molar-refractivity contribution in [2.45, 2.75) is 13.8 Å². The van der Waals surface area contributed by atoms with Crippen LogP contribution in [0.5, 0.6) is 0 Å². The monoisotopic (exact) mass is 602 g/mol. The number of thiophene rings is 3. The third-order valence-corrected chi connectivity index (χ3v) is 7.76. The molecule has 3 heterocycles. The van der Waals surface area contributed by atoms with Gasteiger partial charge in [0.25, 0.3) is 0 Å². The molecule has 0 unspecified atom stereocenters. The Morgan fingerprint density at radius 2 is 1.23 bits per heavy atom. The first-order valence-electron chi connectivity index (χ1n) is 9.02. The van der Waals surface area contributed by atoms with Gasteiger partial charge in [-0.25, -0.2) is 19.6 Å². The Hall–Kier alpha value is -1.66. The zero-order valence-corrected chi connectivity index (χ0v) is 22.0. The molecule has 3 rings (SSSR count). The van der Waals surface area contributed by atoms with Gasteiger partial charge in [-0.1, -0.05) is 11.3 Å². The molecular formula is C20H16Br2N2O4S3. The molecule has 0 fully saturated rings. The minimum Gasteiger partial charge on any atom is -0.462 e. The predicted molar refractivity (Wildman–Crippen MR) is 135 cm³/mol. The van der Waals surface area contributed by atoms with Crippen molar-refractivity contribution in [1.82, 2.24) is 0 Å². The molecule has 6 nitrogen and oxygen atoms in total.